The lowest BCUT2D eigenvalue weighted by Gasteiger charge is -2.10. The van der Waals surface area contributed by atoms with E-state index in [0.717, 1.165) is 27.4 Å². The Bertz CT molecular complexity index is 1210. The van der Waals surface area contributed by atoms with Crippen molar-refractivity contribution in [2.45, 2.75) is 17.5 Å². The van der Waals surface area contributed by atoms with Crippen LogP contribution in [-0.2, 0) is 17.0 Å². The van der Waals surface area contributed by atoms with Crippen LogP contribution in [0.3, 0.4) is 0 Å². The number of nitrogens with one attached hydrogen (secondary N) is 1. The van der Waals surface area contributed by atoms with E-state index in [4.69, 9.17) is 9.72 Å². The van der Waals surface area contributed by atoms with Crippen LogP contribution in [0.25, 0.3) is 11.2 Å². The number of fused-ring (bicyclic) bond motifs is 1. The zero-order chi connectivity index (χ0) is 22.3. The number of pyridine rings is 1. The summed E-state index contributed by atoms with van der Waals surface area (Å²) >= 11 is 1.54. The Kier molecular flexibility index (Phi) is 7.14. The molecule has 4 rings (SSSR count). The van der Waals surface area contributed by atoms with Gasteiger partial charge in [-0.25, -0.2) is 14.4 Å². The van der Waals surface area contributed by atoms with E-state index in [1.54, 1.807) is 31.1 Å². The summed E-state index contributed by atoms with van der Waals surface area (Å²) < 4.78 is 20.5. The molecule has 32 heavy (non-hydrogen) atoms. The predicted molar refractivity (Wildman–Crippen MR) is 123 cm³/mol. The van der Waals surface area contributed by atoms with E-state index >= 15 is 0 Å². The molecule has 0 fully saturated rings. The van der Waals surface area contributed by atoms with Crippen LogP contribution in [0.1, 0.15) is 21.5 Å². The van der Waals surface area contributed by atoms with Gasteiger partial charge in [-0.15, -0.1) is 0 Å². The minimum Gasteiger partial charge on any atom is -0.383 e. The number of carbonyl (C=O) groups is 1. The van der Waals surface area contributed by atoms with E-state index < -0.39 is 0 Å². The number of methoxy groups -OCH3 is 1. The molecule has 1 amide bonds. The number of rotatable bonds is 9. The van der Waals surface area contributed by atoms with Gasteiger partial charge in [0, 0.05) is 31.2 Å². The van der Waals surface area contributed by atoms with E-state index in [2.05, 4.69) is 10.3 Å². The molecule has 0 unspecified atom stereocenters. The van der Waals surface area contributed by atoms with Crippen molar-refractivity contribution in [1.29, 1.82) is 0 Å². The highest BCUT2D eigenvalue weighted by Gasteiger charge is 2.14. The lowest BCUT2D eigenvalue weighted by molar-refractivity contribution is 0.0937. The fraction of sp³-hybridized carbons (Fsp3) is 0.208. The molecule has 0 aliphatic heterocycles. The first kappa shape index (κ1) is 22.0. The average Bonchev–Trinajstić information content (AvgIpc) is 3.16. The second-order valence-electron chi connectivity index (χ2n) is 7.19. The second kappa shape index (κ2) is 10.4. The summed E-state index contributed by atoms with van der Waals surface area (Å²) in [6.45, 7) is 1.50. The van der Waals surface area contributed by atoms with Crippen molar-refractivity contribution in [2.24, 2.45) is 0 Å². The second-order valence-corrected chi connectivity index (χ2v) is 8.13. The molecule has 1 N–H and O–H groups in total. The highest BCUT2D eigenvalue weighted by atomic mass is 32.2. The smallest absolute Gasteiger partial charge is 0.251 e. The van der Waals surface area contributed by atoms with Crippen molar-refractivity contribution in [3.8, 4) is 0 Å². The molecule has 0 aliphatic carbocycles. The van der Waals surface area contributed by atoms with Gasteiger partial charge in [0.15, 0.2) is 10.8 Å². The highest BCUT2D eigenvalue weighted by Crippen LogP contribution is 2.27. The van der Waals surface area contributed by atoms with E-state index in [-0.39, 0.29) is 11.7 Å². The van der Waals surface area contributed by atoms with E-state index in [0.29, 0.717) is 31.0 Å². The van der Waals surface area contributed by atoms with Crippen molar-refractivity contribution < 1.29 is 13.9 Å². The van der Waals surface area contributed by atoms with Gasteiger partial charge in [-0.2, -0.15) is 0 Å². The Morgan fingerprint density at radius 3 is 2.75 bits per heavy atom. The van der Waals surface area contributed by atoms with Crippen LogP contribution < -0.4 is 5.32 Å². The SMILES string of the molecule is COCCNC(=O)c1ccc(Cn2c(SCc3cccc(F)c3)nc3cccnc32)cc1. The highest BCUT2D eigenvalue weighted by molar-refractivity contribution is 7.98. The van der Waals surface area contributed by atoms with Gasteiger partial charge in [0.25, 0.3) is 5.91 Å². The standard InChI is InChI=1S/C24H23FN4O2S/c1-31-13-12-27-23(30)19-9-7-17(8-10-19)15-29-22-21(6-3-11-26-22)28-24(29)32-16-18-4-2-5-20(25)14-18/h2-11,14H,12-13,15-16H2,1H3,(H,27,30). The molecule has 0 atom stereocenters. The number of hydrogen-bond acceptors (Lipinski definition) is 5. The predicted octanol–water partition coefficient (Wildman–Crippen LogP) is 4.29. The van der Waals surface area contributed by atoms with Gasteiger partial charge < -0.3 is 10.1 Å². The number of carbonyl (C=O) groups excluding carboxylic acids is 1. The number of thioether (sulfide) groups is 1. The van der Waals surface area contributed by atoms with Gasteiger partial charge >= 0.3 is 0 Å². The molecular weight excluding hydrogens is 427 g/mol. The van der Waals surface area contributed by atoms with Crippen LogP contribution in [-0.4, -0.2) is 40.7 Å². The molecular formula is C24H23FN4O2S. The van der Waals surface area contributed by atoms with Crippen LogP contribution in [0.5, 0.6) is 0 Å². The van der Waals surface area contributed by atoms with Gasteiger partial charge in [-0.3, -0.25) is 9.36 Å². The summed E-state index contributed by atoms with van der Waals surface area (Å²) in [5.74, 6) is 0.223. The van der Waals surface area contributed by atoms with Crippen LogP contribution >= 0.6 is 11.8 Å². The number of amides is 1. The maximum absolute atomic E-state index is 13.5. The van der Waals surface area contributed by atoms with Crippen molar-refractivity contribution in [3.63, 3.8) is 0 Å². The molecule has 8 heteroatoms. The lowest BCUT2D eigenvalue weighted by Crippen LogP contribution is -2.26. The number of imidazole rings is 1. The van der Waals surface area contributed by atoms with Gasteiger partial charge in [-0.05, 0) is 47.5 Å². The normalized spacial score (nSPS) is 11.1. The monoisotopic (exact) mass is 450 g/mol. The molecule has 2 aromatic carbocycles. The number of benzene rings is 2. The third kappa shape index (κ3) is 5.33. The number of hydrogen-bond donors (Lipinski definition) is 1. The molecule has 2 heterocycles. The largest absolute Gasteiger partial charge is 0.383 e. The quantitative estimate of drug-likeness (QED) is 0.304. The van der Waals surface area contributed by atoms with Crippen molar-refractivity contribution >= 4 is 28.8 Å². The fourth-order valence-corrected chi connectivity index (χ4v) is 4.22. The topological polar surface area (TPSA) is 69.0 Å². The molecule has 164 valence electrons. The Labute approximate surface area is 189 Å². The van der Waals surface area contributed by atoms with Crippen molar-refractivity contribution in [1.82, 2.24) is 19.9 Å². The molecule has 0 radical (unpaired) electrons. The maximum atomic E-state index is 13.5. The molecule has 2 aromatic heterocycles. The Hall–Kier alpha value is -3.23. The summed E-state index contributed by atoms with van der Waals surface area (Å²) in [6, 6.07) is 17.9. The molecule has 6 nitrogen and oxygen atoms in total. The van der Waals surface area contributed by atoms with Crippen molar-refractivity contribution in [3.05, 3.63) is 89.4 Å². The minimum atomic E-state index is -0.246. The van der Waals surface area contributed by atoms with Gasteiger partial charge in [0.2, 0.25) is 0 Å². The molecule has 0 spiro atoms. The first-order chi connectivity index (χ1) is 15.6. The number of halogens is 1. The van der Waals surface area contributed by atoms with Crippen LogP contribution in [0, 0.1) is 5.82 Å². The number of aromatic nitrogens is 3. The van der Waals surface area contributed by atoms with Gasteiger partial charge in [0.05, 0.1) is 13.2 Å². The Morgan fingerprint density at radius 2 is 1.97 bits per heavy atom. The molecule has 0 saturated carbocycles. The molecule has 0 saturated heterocycles. The van der Waals surface area contributed by atoms with Crippen LogP contribution in [0.4, 0.5) is 4.39 Å². The number of ether oxygens (including phenoxy) is 1. The van der Waals surface area contributed by atoms with Crippen LogP contribution in [0.15, 0.2) is 72.0 Å². The molecule has 0 bridgehead atoms. The Morgan fingerprint density at radius 1 is 1.12 bits per heavy atom. The van der Waals surface area contributed by atoms with Crippen LogP contribution in [0.2, 0.25) is 0 Å². The van der Waals surface area contributed by atoms with Gasteiger partial charge in [0.1, 0.15) is 11.3 Å². The van der Waals surface area contributed by atoms with E-state index in [1.807, 2.05) is 47.0 Å². The average molecular weight is 451 g/mol. The lowest BCUT2D eigenvalue weighted by atomic mass is 10.1. The molecule has 4 aromatic rings. The minimum absolute atomic E-state index is 0.130. The third-order valence-electron chi connectivity index (χ3n) is 4.87. The van der Waals surface area contributed by atoms with Gasteiger partial charge in [-0.1, -0.05) is 36.0 Å². The number of nitrogens with zero attached hydrogens (tertiary/aromatic N) is 3. The Balaban J connectivity index is 1.53. The summed E-state index contributed by atoms with van der Waals surface area (Å²) in [4.78, 5) is 21.4. The fourth-order valence-electron chi connectivity index (χ4n) is 3.28. The summed E-state index contributed by atoms with van der Waals surface area (Å²) in [6.07, 6.45) is 1.75. The summed E-state index contributed by atoms with van der Waals surface area (Å²) in [5, 5.41) is 3.62. The summed E-state index contributed by atoms with van der Waals surface area (Å²) in [5.41, 5.74) is 4.11. The maximum Gasteiger partial charge on any atom is 0.251 e. The first-order valence-corrected chi connectivity index (χ1v) is 11.2. The van der Waals surface area contributed by atoms with E-state index in [1.165, 1.54) is 12.1 Å². The molecule has 0 aliphatic rings. The van der Waals surface area contributed by atoms with Crippen molar-refractivity contribution in [2.75, 3.05) is 20.3 Å². The zero-order valence-corrected chi connectivity index (χ0v) is 18.4. The van der Waals surface area contributed by atoms with E-state index in [9.17, 15) is 9.18 Å². The first-order valence-electron chi connectivity index (χ1n) is 10.2. The summed E-state index contributed by atoms with van der Waals surface area (Å²) in [7, 11) is 1.60. The third-order valence-corrected chi connectivity index (χ3v) is 5.92. The zero-order valence-electron chi connectivity index (χ0n) is 17.6.